The molecular weight excluding hydrogens is 336 g/mol. The molecule has 0 spiro atoms. The molecule has 0 bridgehead atoms. The highest BCUT2D eigenvalue weighted by Gasteiger charge is 2.41. The summed E-state index contributed by atoms with van der Waals surface area (Å²) >= 11 is 0. The molecule has 3 heterocycles. The number of fused-ring (bicyclic) bond motifs is 3. The molecule has 0 aliphatic carbocycles. The summed E-state index contributed by atoms with van der Waals surface area (Å²) in [7, 11) is 0. The summed E-state index contributed by atoms with van der Waals surface area (Å²) in [6.45, 7) is 6.83. The fourth-order valence-electron chi connectivity index (χ4n) is 4.26. The van der Waals surface area contributed by atoms with Crippen LogP contribution in [0, 0.1) is 5.92 Å². The number of pyridine rings is 1. The van der Waals surface area contributed by atoms with Crippen LogP contribution in [-0.4, -0.2) is 42.6 Å². The first-order chi connectivity index (χ1) is 13.2. The molecule has 3 atom stereocenters. The Kier molecular flexibility index (Phi) is 5.01. The molecule has 2 aliphatic rings. The molecule has 2 aromatic rings. The second-order valence-electron chi connectivity index (χ2n) is 7.65. The lowest BCUT2D eigenvalue weighted by Gasteiger charge is -2.49. The van der Waals surface area contributed by atoms with Crippen molar-refractivity contribution in [1.82, 2.24) is 10.3 Å². The third kappa shape index (κ3) is 3.51. The highest BCUT2D eigenvalue weighted by atomic mass is 16.2. The first-order valence-corrected chi connectivity index (χ1v) is 9.98. The van der Waals surface area contributed by atoms with Crippen molar-refractivity contribution in [3.8, 4) is 0 Å². The van der Waals surface area contributed by atoms with E-state index in [9.17, 15) is 4.79 Å². The molecule has 0 saturated carbocycles. The van der Waals surface area contributed by atoms with Gasteiger partial charge in [0.15, 0.2) is 0 Å². The van der Waals surface area contributed by atoms with Crippen molar-refractivity contribution in [2.24, 2.45) is 5.92 Å². The molecule has 5 nitrogen and oxygen atoms in total. The Morgan fingerprint density at radius 1 is 1.22 bits per heavy atom. The number of benzene rings is 1. The summed E-state index contributed by atoms with van der Waals surface area (Å²) in [5, 5.41) is 3.22. The molecule has 1 fully saturated rings. The zero-order valence-corrected chi connectivity index (χ0v) is 16.1. The van der Waals surface area contributed by atoms with Crippen molar-refractivity contribution < 1.29 is 4.79 Å². The lowest BCUT2D eigenvalue weighted by molar-refractivity contribution is -0.126. The summed E-state index contributed by atoms with van der Waals surface area (Å²) in [6.07, 6.45) is 3.59. The molecule has 1 amide bonds. The van der Waals surface area contributed by atoms with E-state index >= 15 is 0 Å². The van der Waals surface area contributed by atoms with Crippen LogP contribution in [0.4, 0.5) is 11.5 Å². The van der Waals surface area contributed by atoms with E-state index in [1.807, 2.05) is 18.3 Å². The van der Waals surface area contributed by atoms with Gasteiger partial charge in [-0.25, -0.2) is 4.98 Å². The Morgan fingerprint density at radius 2 is 2.04 bits per heavy atom. The van der Waals surface area contributed by atoms with Crippen LogP contribution < -0.4 is 15.1 Å². The Morgan fingerprint density at radius 3 is 2.81 bits per heavy atom. The molecule has 4 rings (SSSR count). The molecule has 142 valence electrons. The number of nitrogens with one attached hydrogen (secondary N) is 1. The third-order valence-corrected chi connectivity index (χ3v) is 5.94. The van der Waals surface area contributed by atoms with Crippen molar-refractivity contribution in [3.63, 3.8) is 0 Å². The van der Waals surface area contributed by atoms with E-state index in [1.54, 1.807) is 0 Å². The number of hydrogen-bond acceptors (Lipinski definition) is 4. The van der Waals surface area contributed by atoms with Crippen LogP contribution in [0.15, 0.2) is 48.7 Å². The lowest BCUT2D eigenvalue weighted by Crippen LogP contribution is -2.61. The number of nitrogens with zero attached hydrogens (tertiary/aromatic N) is 3. The van der Waals surface area contributed by atoms with Crippen molar-refractivity contribution in [3.05, 3.63) is 54.2 Å². The molecule has 5 heteroatoms. The van der Waals surface area contributed by atoms with Crippen LogP contribution in [0.2, 0.25) is 0 Å². The topological polar surface area (TPSA) is 48.5 Å². The van der Waals surface area contributed by atoms with Crippen LogP contribution in [0.3, 0.4) is 0 Å². The van der Waals surface area contributed by atoms with Gasteiger partial charge in [0.2, 0.25) is 5.91 Å². The quantitative estimate of drug-likeness (QED) is 0.906. The fraction of sp³-hybridized carbons (Fsp3) is 0.455. The van der Waals surface area contributed by atoms with E-state index in [1.165, 1.54) is 11.3 Å². The Labute approximate surface area is 161 Å². The van der Waals surface area contributed by atoms with Crippen molar-refractivity contribution >= 4 is 17.4 Å². The van der Waals surface area contributed by atoms with Gasteiger partial charge in [0.1, 0.15) is 5.82 Å². The molecule has 27 heavy (non-hydrogen) atoms. The van der Waals surface area contributed by atoms with Gasteiger partial charge < -0.3 is 15.1 Å². The summed E-state index contributed by atoms with van der Waals surface area (Å²) in [4.78, 5) is 22.4. The Balaban J connectivity index is 1.63. The van der Waals surface area contributed by atoms with Crippen molar-refractivity contribution in [2.45, 2.75) is 38.8 Å². The summed E-state index contributed by atoms with van der Waals surface area (Å²) in [5.41, 5.74) is 2.57. The monoisotopic (exact) mass is 364 g/mol. The number of carbonyl (C=O) groups excluding carboxylic acids is 1. The van der Waals surface area contributed by atoms with Crippen LogP contribution in [-0.2, 0) is 11.2 Å². The van der Waals surface area contributed by atoms with Gasteiger partial charge in [0.25, 0.3) is 0 Å². The third-order valence-electron chi connectivity index (χ3n) is 5.94. The Bertz CT molecular complexity index is 794. The smallest absolute Gasteiger partial charge is 0.225 e. The second kappa shape index (κ2) is 7.59. The average molecular weight is 364 g/mol. The highest BCUT2D eigenvalue weighted by Crippen LogP contribution is 2.36. The molecule has 2 aliphatic heterocycles. The number of aromatic nitrogens is 1. The first-order valence-electron chi connectivity index (χ1n) is 9.98. The normalized spacial score (nSPS) is 22.6. The van der Waals surface area contributed by atoms with Crippen LogP contribution >= 0.6 is 0 Å². The molecular formula is C22H28N4O. The molecule has 1 N–H and O–H groups in total. The predicted octanol–water partition coefficient (Wildman–Crippen LogP) is 2.86. The summed E-state index contributed by atoms with van der Waals surface area (Å²) < 4.78 is 0. The molecule has 1 aromatic carbocycles. The van der Waals surface area contributed by atoms with Gasteiger partial charge in [-0.2, -0.15) is 0 Å². The maximum Gasteiger partial charge on any atom is 0.225 e. The van der Waals surface area contributed by atoms with E-state index < -0.39 is 0 Å². The lowest BCUT2D eigenvalue weighted by atomic mass is 9.83. The average Bonchev–Trinajstić information content (AvgIpc) is 2.73. The SMILES string of the molecule is CC[C@H](C)NC(=O)[C@@H]1Cc2ccccc2N2CCN(c3ccccn3)C[C@@H]12. The second-order valence-corrected chi connectivity index (χ2v) is 7.65. The van der Waals surface area contributed by atoms with E-state index in [2.05, 4.69) is 64.3 Å². The number of hydrogen-bond donors (Lipinski definition) is 1. The van der Waals surface area contributed by atoms with E-state index in [0.717, 1.165) is 38.3 Å². The van der Waals surface area contributed by atoms with Gasteiger partial charge in [-0.05, 0) is 43.5 Å². The van der Waals surface area contributed by atoms with Gasteiger partial charge in [-0.3, -0.25) is 4.79 Å². The summed E-state index contributed by atoms with van der Waals surface area (Å²) in [5.74, 6) is 1.13. The standard InChI is InChI=1S/C22H28N4O/c1-3-16(2)24-22(27)18-14-17-8-4-5-9-19(17)26-13-12-25(15-20(18)26)21-10-6-7-11-23-21/h4-11,16,18,20H,3,12-15H2,1-2H3,(H,24,27)/t16-,18+,20-/m0/s1. The van der Waals surface area contributed by atoms with Crippen LogP contribution in [0.1, 0.15) is 25.8 Å². The Hall–Kier alpha value is -2.56. The van der Waals surface area contributed by atoms with Gasteiger partial charge in [-0.1, -0.05) is 31.2 Å². The number of rotatable bonds is 4. The minimum Gasteiger partial charge on any atom is -0.364 e. The minimum atomic E-state index is -0.0413. The minimum absolute atomic E-state index is 0.0413. The van der Waals surface area contributed by atoms with Gasteiger partial charge in [0.05, 0.1) is 12.0 Å². The largest absolute Gasteiger partial charge is 0.364 e. The van der Waals surface area contributed by atoms with Crippen molar-refractivity contribution in [1.29, 1.82) is 0 Å². The van der Waals surface area contributed by atoms with Crippen molar-refractivity contribution in [2.75, 3.05) is 29.4 Å². The molecule has 1 saturated heterocycles. The van der Waals surface area contributed by atoms with Crippen LogP contribution in [0.25, 0.3) is 0 Å². The van der Waals surface area contributed by atoms with Gasteiger partial charge in [0, 0.05) is 37.6 Å². The first kappa shape index (κ1) is 17.8. The number of carbonyl (C=O) groups is 1. The molecule has 0 unspecified atom stereocenters. The maximum absolute atomic E-state index is 13.1. The number of para-hydroxylation sites is 1. The predicted molar refractivity (Wildman–Crippen MR) is 109 cm³/mol. The summed E-state index contributed by atoms with van der Waals surface area (Å²) in [6, 6.07) is 14.9. The van der Waals surface area contributed by atoms with E-state index in [-0.39, 0.29) is 23.9 Å². The van der Waals surface area contributed by atoms with E-state index in [0.29, 0.717) is 0 Å². The number of anilines is 2. The molecule has 1 aromatic heterocycles. The fourth-order valence-corrected chi connectivity index (χ4v) is 4.26. The number of amides is 1. The molecule has 0 radical (unpaired) electrons. The van der Waals surface area contributed by atoms with Gasteiger partial charge in [-0.15, -0.1) is 0 Å². The zero-order valence-electron chi connectivity index (χ0n) is 16.1. The van der Waals surface area contributed by atoms with Crippen LogP contribution in [0.5, 0.6) is 0 Å². The van der Waals surface area contributed by atoms with Gasteiger partial charge >= 0.3 is 0 Å². The van der Waals surface area contributed by atoms with E-state index in [4.69, 9.17) is 0 Å². The number of piperazine rings is 1. The highest BCUT2D eigenvalue weighted by molar-refractivity contribution is 5.82. The maximum atomic E-state index is 13.1. The zero-order chi connectivity index (χ0) is 18.8.